The molecule has 1 aromatic carbocycles. The minimum atomic E-state index is -0.415. The number of carbonyl (C=O) groups is 1. The van der Waals surface area contributed by atoms with E-state index in [4.69, 9.17) is 4.74 Å². The second kappa shape index (κ2) is 6.77. The summed E-state index contributed by atoms with van der Waals surface area (Å²) in [6.07, 6.45) is 2.52. The summed E-state index contributed by atoms with van der Waals surface area (Å²) < 4.78 is 4.79. The molecule has 1 rings (SSSR count). The van der Waals surface area contributed by atoms with Crippen LogP contribution in [0.4, 0.5) is 0 Å². The molecule has 3 heteroatoms. The molecule has 0 saturated heterocycles. The van der Waals surface area contributed by atoms with Gasteiger partial charge in [0.2, 0.25) is 6.29 Å². The summed E-state index contributed by atoms with van der Waals surface area (Å²) in [6, 6.07) is 9.57. The van der Waals surface area contributed by atoms with Crippen molar-refractivity contribution >= 4 is 12.3 Å². The Hall–Kier alpha value is -1.64. The van der Waals surface area contributed by atoms with E-state index in [1.165, 1.54) is 0 Å². The number of hydrogen-bond donors (Lipinski definition) is 0. The van der Waals surface area contributed by atoms with Gasteiger partial charge in [0.15, 0.2) is 0 Å². The SMILES string of the molecule is CCOC(=O)CC([C]=O)Cc1ccccc1. The van der Waals surface area contributed by atoms with Gasteiger partial charge < -0.3 is 4.74 Å². The van der Waals surface area contributed by atoms with E-state index in [0.717, 1.165) is 5.56 Å². The van der Waals surface area contributed by atoms with E-state index in [-0.39, 0.29) is 12.4 Å². The largest absolute Gasteiger partial charge is 0.466 e. The first-order valence-corrected chi connectivity index (χ1v) is 5.33. The Labute approximate surface area is 95.4 Å². The van der Waals surface area contributed by atoms with Crippen molar-refractivity contribution in [3.63, 3.8) is 0 Å². The number of benzene rings is 1. The van der Waals surface area contributed by atoms with Crippen molar-refractivity contribution in [1.82, 2.24) is 0 Å². The lowest BCUT2D eigenvalue weighted by Crippen LogP contribution is -2.14. The monoisotopic (exact) mass is 219 g/mol. The lowest BCUT2D eigenvalue weighted by molar-refractivity contribution is -0.143. The minimum absolute atomic E-state index is 0.103. The van der Waals surface area contributed by atoms with E-state index in [2.05, 4.69) is 0 Å². The van der Waals surface area contributed by atoms with E-state index in [1.54, 1.807) is 6.92 Å². The van der Waals surface area contributed by atoms with Crippen LogP contribution in [0.25, 0.3) is 0 Å². The van der Waals surface area contributed by atoms with Crippen LogP contribution in [0.1, 0.15) is 18.9 Å². The molecule has 1 aromatic rings. The van der Waals surface area contributed by atoms with Crippen molar-refractivity contribution in [3.8, 4) is 0 Å². The summed E-state index contributed by atoms with van der Waals surface area (Å²) in [5.74, 6) is -0.756. The third-order valence-electron chi connectivity index (χ3n) is 2.21. The molecule has 3 nitrogen and oxygen atoms in total. The van der Waals surface area contributed by atoms with Crippen molar-refractivity contribution < 1.29 is 14.3 Å². The fourth-order valence-corrected chi connectivity index (χ4v) is 1.48. The molecule has 0 aliphatic rings. The maximum Gasteiger partial charge on any atom is 0.306 e. The Morgan fingerprint density at radius 2 is 2.06 bits per heavy atom. The smallest absolute Gasteiger partial charge is 0.306 e. The van der Waals surface area contributed by atoms with E-state index < -0.39 is 5.92 Å². The molecule has 0 aliphatic carbocycles. The van der Waals surface area contributed by atoms with Gasteiger partial charge >= 0.3 is 5.97 Å². The maximum absolute atomic E-state index is 11.2. The third kappa shape index (κ3) is 4.26. The highest BCUT2D eigenvalue weighted by Crippen LogP contribution is 2.11. The normalized spacial score (nSPS) is 11.8. The van der Waals surface area contributed by atoms with Crippen LogP contribution < -0.4 is 0 Å². The Morgan fingerprint density at radius 3 is 2.62 bits per heavy atom. The van der Waals surface area contributed by atoms with E-state index >= 15 is 0 Å². The quantitative estimate of drug-likeness (QED) is 0.686. The number of rotatable bonds is 6. The summed E-state index contributed by atoms with van der Waals surface area (Å²) in [6.45, 7) is 2.09. The van der Waals surface area contributed by atoms with E-state index in [0.29, 0.717) is 13.0 Å². The van der Waals surface area contributed by atoms with Crippen LogP contribution in [0.3, 0.4) is 0 Å². The zero-order chi connectivity index (χ0) is 11.8. The molecular weight excluding hydrogens is 204 g/mol. The predicted octanol–water partition coefficient (Wildman–Crippen LogP) is 1.91. The topological polar surface area (TPSA) is 43.4 Å². The Morgan fingerprint density at radius 1 is 1.38 bits per heavy atom. The van der Waals surface area contributed by atoms with Gasteiger partial charge in [-0.2, -0.15) is 0 Å². The first kappa shape index (κ1) is 12.4. The van der Waals surface area contributed by atoms with Gasteiger partial charge in [-0.15, -0.1) is 0 Å². The first-order chi connectivity index (χ1) is 7.76. The zero-order valence-electron chi connectivity index (χ0n) is 9.31. The summed E-state index contributed by atoms with van der Waals surface area (Å²) in [7, 11) is 0. The van der Waals surface area contributed by atoms with Crippen LogP contribution in [-0.4, -0.2) is 18.9 Å². The van der Waals surface area contributed by atoms with E-state index in [1.807, 2.05) is 36.6 Å². The maximum atomic E-state index is 11.2. The minimum Gasteiger partial charge on any atom is -0.466 e. The Bertz CT molecular complexity index is 332. The first-order valence-electron chi connectivity index (χ1n) is 5.33. The Kier molecular flexibility index (Phi) is 5.26. The Balaban J connectivity index is 2.49. The highest BCUT2D eigenvalue weighted by molar-refractivity contribution is 5.74. The molecule has 85 valence electrons. The second-order valence-electron chi connectivity index (χ2n) is 3.51. The molecule has 1 atom stereocenters. The van der Waals surface area contributed by atoms with Crippen molar-refractivity contribution in [1.29, 1.82) is 0 Å². The van der Waals surface area contributed by atoms with Gasteiger partial charge in [-0.1, -0.05) is 30.3 Å². The summed E-state index contributed by atoms with van der Waals surface area (Å²) in [4.78, 5) is 21.9. The van der Waals surface area contributed by atoms with Crippen LogP contribution in [0.2, 0.25) is 0 Å². The van der Waals surface area contributed by atoms with Crippen LogP contribution in [0, 0.1) is 5.92 Å². The number of esters is 1. The average molecular weight is 219 g/mol. The highest BCUT2D eigenvalue weighted by Gasteiger charge is 2.15. The predicted molar refractivity (Wildman–Crippen MR) is 60.6 cm³/mol. The fourth-order valence-electron chi connectivity index (χ4n) is 1.48. The highest BCUT2D eigenvalue weighted by atomic mass is 16.5. The van der Waals surface area contributed by atoms with Crippen molar-refractivity contribution in [2.75, 3.05) is 6.61 Å². The second-order valence-corrected chi connectivity index (χ2v) is 3.51. The number of carbonyl (C=O) groups excluding carboxylic acids is 2. The lowest BCUT2D eigenvalue weighted by atomic mass is 9.98. The van der Waals surface area contributed by atoms with Crippen molar-refractivity contribution in [2.45, 2.75) is 19.8 Å². The van der Waals surface area contributed by atoms with Crippen molar-refractivity contribution in [2.24, 2.45) is 5.92 Å². The standard InChI is InChI=1S/C13H15O3/c1-2-16-13(15)9-12(10-14)8-11-6-4-3-5-7-11/h3-7,12H,2,8-9H2,1H3. The molecule has 0 N–H and O–H groups in total. The molecular formula is C13H15O3. The summed E-state index contributed by atoms with van der Waals surface area (Å²) >= 11 is 0. The molecule has 16 heavy (non-hydrogen) atoms. The van der Waals surface area contributed by atoms with Gasteiger partial charge in [-0.05, 0) is 18.9 Å². The molecule has 1 radical (unpaired) electrons. The van der Waals surface area contributed by atoms with Gasteiger partial charge in [-0.25, -0.2) is 0 Å². The molecule has 0 amide bonds. The molecule has 0 heterocycles. The molecule has 0 bridgehead atoms. The van der Waals surface area contributed by atoms with Gasteiger partial charge in [-0.3, -0.25) is 9.59 Å². The molecule has 0 fully saturated rings. The molecule has 1 unspecified atom stereocenters. The van der Waals surface area contributed by atoms with Crippen molar-refractivity contribution in [3.05, 3.63) is 35.9 Å². The van der Waals surface area contributed by atoms with Gasteiger partial charge in [0, 0.05) is 5.92 Å². The van der Waals surface area contributed by atoms with Crippen LogP contribution in [0.5, 0.6) is 0 Å². The lowest BCUT2D eigenvalue weighted by Gasteiger charge is -2.08. The van der Waals surface area contributed by atoms with Gasteiger partial charge in [0.05, 0.1) is 13.0 Å². The molecule has 0 spiro atoms. The average Bonchev–Trinajstić information content (AvgIpc) is 2.30. The number of ether oxygens (including phenoxy) is 1. The summed E-state index contributed by atoms with van der Waals surface area (Å²) in [5.41, 5.74) is 1.03. The molecule has 0 aliphatic heterocycles. The third-order valence-corrected chi connectivity index (χ3v) is 2.21. The summed E-state index contributed by atoms with van der Waals surface area (Å²) in [5, 5.41) is 0. The van der Waals surface area contributed by atoms with Crippen LogP contribution in [0.15, 0.2) is 30.3 Å². The molecule has 0 saturated carbocycles. The fraction of sp³-hybridized carbons (Fsp3) is 0.385. The number of hydrogen-bond acceptors (Lipinski definition) is 3. The van der Waals surface area contributed by atoms with Gasteiger partial charge in [0.25, 0.3) is 0 Å². The zero-order valence-corrected chi connectivity index (χ0v) is 9.31. The van der Waals surface area contributed by atoms with E-state index in [9.17, 15) is 9.59 Å². The van der Waals surface area contributed by atoms with Gasteiger partial charge in [0.1, 0.15) is 0 Å². The van der Waals surface area contributed by atoms with Crippen LogP contribution >= 0.6 is 0 Å². The van der Waals surface area contributed by atoms with Crippen LogP contribution in [-0.2, 0) is 20.7 Å². The molecule has 0 aromatic heterocycles.